The van der Waals surface area contributed by atoms with E-state index >= 15 is 0 Å². The third-order valence-electron chi connectivity index (χ3n) is 2.20. The fourth-order valence-electron chi connectivity index (χ4n) is 1.27. The van der Waals surface area contributed by atoms with E-state index in [1.165, 1.54) is 16.0 Å². The maximum Gasteiger partial charge on any atom is 0.288 e. The molecule has 0 aliphatic rings. The highest BCUT2D eigenvalue weighted by Gasteiger charge is 2.14. The minimum Gasteiger partial charge on any atom is -0.396 e. The molecule has 0 radical (unpaired) electrons. The van der Waals surface area contributed by atoms with Gasteiger partial charge < -0.3 is 5.73 Å². The number of rotatable bonds is 1. The van der Waals surface area contributed by atoms with Crippen LogP contribution >= 0.6 is 11.3 Å². The molecular formula is C10H11N3OS. The van der Waals surface area contributed by atoms with Gasteiger partial charge in [0.2, 0.25) is 0 Å². The fraction of sp³-hybridized carbons (Fsp3) is 0.200. The molecule has 78 valence electrons. The molecule has 2 rings (SSSR count). The second-order valence-electron chi connectivity index (χ2n) is 3.35. The number of nitrogens with two attached hydrogens (primary N) is 1. The van der Waals surface area contributed by atoms with Crippen molar-refractivity contribution in [2.24, 2.45) is 0 Å². The molecule has 5 heteroatoms. The molecule has 0 aliphatic heterocycles. The Kier molecular flexibility index (Phi) is 2.32. The molecule has 2 heterocycles. The number of aromatic nitrogens is 2. The Hall–Kier alpha value is -1.62. The third-order valence-corrected chi connectivity index (χ3v) is 3.21. The second kappa shape index (κ2) is 3.51. The molecule has 0 atom stereocenters. The molecule has 0 unspecified atom stereocenters. The molecule has 2 N–H and O–H groups in total. The molecule has 2 aromatic rings. The second-order valence-corrected chi connectivity index (χ2v) is 4.27. The number of aryl methyl sites for hydroxylation is 2. The van der Waals surface area contributed by atoms with Crippen LogP contribution in [0.3, 0.4) is 0 Å². The summed E-state index contributed by atoms with van der Waals surface area (Å²) >= 11 is 1.42. The largest absolute Gasteiger partial charge is 0.396 e. The zero-order valence-electron chi connectivity index (χ0n) is 8.52. The van der Waals surface area contributed by atoms with Gasteiger partial charge in [-0.25, -0.2) is 4.68 Å². The quantitative estimate of drug-likeness (QED) is 0.799. The van der Waals surface area contributed by atoms with E-state index in [0.29, 0.717) is 16.3 Å². The van der Waals surface area contributed by atoms with E-state index in [-0.39, 0.29) is 5.91 Å². The molecule has 0 fully saturated rings. The first-order chi connectivity index (χ1) is 7.09. The highest BCUT2D eigenvalue weighted by molar-refractivity contribution is 7.12. The topological polar surface area (TPSA) is 60.9 Å². The van der Waals surface area contributed by atoms with Crippen LogP contribution in [0.25, 0.3) is 0 Å². The van der Waals surface area contributed by atoms with Crippen molar-refractivity contribution >= 4 is 22.9 Å². The van der Waals surface area contributed by atoms with Crippen molar-refractivity contribution in [2.45, 2.75) is 13.8 Å². The highest BCUT2D eigenvalue weighted by Crippen LogP contribution is 2.18. The lowest BCUT2D eigenvalue weighted by Gasteiger charge is -1.97. The van der Waals surface area contributed by atoms with Gasteiger partial charge in [0, 0.05) is 0 Å². The molecule has 4 nitrogen and oxygen atoms in total. The molecule has 2 aromatic heterocycles. The van der Waals surface area contributed by atoms with Gasteiger partial charge in [-0.15, -0.1) is 11.3 Å². The Labute approximate surface area is 91.3 Å². The number of thiophene rings is 1. The molecule has 0 aliphatic carbocycles. The van der Waals surface area contributed by atoms with Gasteiger partial charge in [-0.1, -0.05) is 0 Å². The van der Waals surface area contributed by atoms with Crippen LogP contribution in [0.5, 0.6) is 0 Å². The van der Waals surface area contributed by atoms with Gasteiger partial charge >= 0.3 is 0 Å². The van der Waals surface area contributed by atoms with Crippen LogP contribution in [0, 0.1) is 13.8 Å². The number of carbonyl (C=O) groups excluding carboxylic acids is 1. The predicted octanol–water partition coefficient (Wildman–Crippen LogP) is 1.83. The summed E-state index contributed by atoms with van der Waals surface area (Å²) in [6, 6.07) is 1.91. The van der Waals surface area contributed by atoms with Crippen LogP contribution in [0.1, 0.15) is 20.9 Å². The van der Waals surface area contributed by atoms with E-state index in [1.807, 2.05) is 18.4 Å². The Morgan fingerprint density at radius 3 is 2.73 bits per heavy atom. The van der Waals surface area contributed by atoms with E-state index in [0.717, 1.165) is 5.56 Å². The Morgan fingerprint density at radius 1 is 1.53 bits per heavy atom. The van der Waals surface area contributed by atoms with Crippen LogP contribution in [-0.4, -0.2) is 15.7 Å². The average Bonchev–Trinajstić information content (AvgIpc) is 2.74. The fourth-order valence-corrected chi connectivity index (χ4v) is 2.13. The summed E-state index contributed by atoms with van der Waals surface area (Å²) in [4.78, 5) is 12.7. The summed E-state index contributed by atoms with van der Waals surface area (Å²) in [5.41, 5.74) is 7.82. The van der Waals surface area contributed by atoms with E-state index in [9.17, 15) is 4.79 Å². The first-order valence-corrected chi connectivity index (χ1v) is 5.38. The van der Waals surface area contributed by atoms with Crippen molar-refractivity contribution in [1.82, 2.24) is 9.78 Å². The van der Waals surface area contributed by atoms with Crippen molar-refractivity contribution in [1.29, 1.82) is 0 Å². The van der Waals surface area contributed by atoms with Gasteiger partial charge in [0.25, 0.3) is 5.91 Å². The van der Waals surface area contributed by atoms with Gasteiger partial charge in [-0.3, -0.25) is 4.79 Å². The van der Waals surface area contributed by atoms with Crippen molar-refractivity contribution in [2.75, 3.05) is 5.73 Å². The Bertz CT molecular complexity index is 493. The van der Waals surface area contributed by atoms with Crippen LogP contribution in [-0.2, 0) is 0 Å². The van der Waals surface area contributed by atoms with Gasteiger partial charge in [0.1, 0.15) is 0 Å². The smallest absolute Gasteiger partial charge is 0.288 e. The SMILES string of the molecule is Cc1ccsc1C(=O)n1cc(N)c(C)n1. The standard InChI is InChI=1S/C10H11N3OS/c1-6-3-4-15-9(6)10(14)13-5-8(11)7(2)12-13/h3-5H,11H2,1-2H3. The van der Waals surface area contributed by atoms with Gasteiger partial charge in [-0.2, -0.15) is 5.10 Å². The lowest BCUT2D eigenvalue weighted by atomic mass is 10.3. The zero-order chi connectivity index (χ0) is 11.0. The minimum absolute atomic E-state index is 0.123. The maximum atomic E-state index is 11.9. The van der Waals surface area contributed by atoms with Gasteiger partial charge in [0.15, 0.2) is 0 Å². The molecule has 0 bridgehead atoms. The summed E-state index contributed by atoms with van der Waals surface area (Å²) in [6.45, 7) is 3.68. The molecular weight excluding hydrogens is 210 g/mol. The number of nitrogens with zero attached hydrogens (tertiary/aromatic N) is 2. The van der Waals surface area contributed by atoms with Gasteiger partial charge in [-0.05, 0) is 30.9 Å². The average molecular weight is 221 g/mol. The molecule has 0 spiro atoms. The van der Waals surface area contributed by atoms with Crippen molar-refractivity contribution in [3.63, 3.8) is 0 Å². The number of anilines is 1. The van der Waals surface area contributed by atoms with Gasteiger partial charge in [0.05, 0.1) is 22.5 Å². The Balaban J connectivity index is 2.41. The molecule has 0 amide bonds. The molecule has 0 aromatic carbocycles. The predicted molar refractivity (Wildman–Crippen MR) is 60.2 cm³/mol. The number of hydrogen-bond donors (Lipinski definition) is 1. The summed E-state index contributed by atoms with van der Waals surface area (Å²) in [5.74, 6) is -0.123. The number of carbonyl (C=O) groups is 1. The minimum atomic E-state index is -0.123. The Morgan fingerprint density at radius 2 is 2.27 bits per heavy atom. The summed E-state index contributed by atoms with van der Waals surface area (Å²) in [7, 11) is 0. The first-order valence-electron chi connectivity index (χ1n) is 4.50. The van der Waals surface area contributed by atoms with Crippen LogP contribution in [0.2, 0.25) is 0 Å². The van der Waals surface area contributed by atoms with E-state index in [2.05, 4.69) is 5.10 Å². The summed E-state index contributed by atoms with van der Waals surface area (Å²) in [5, 5.41) is 5.95. The normalized spacial score (nSPS) is 10.5. The number of nitrogen functional groups attached to an aromatic ring is 1. The zero-order valence-corrected chi connectivity index (χ0v) is 9.34. The van der Waals surface area contributed by atoms with Crippen LogP contribution in [0.15, 0.2) is 17.6 Å². The summed E-state index contributed by atoms with van der Waals surface area (Å²) < 4.78 is 1.30. The van der Waals surface area contributed by atoms with Crippen molar-refractivity contribution in [3.05, 3.63) is 33.8 Å². The summed E-state index contributed by atoms with van der Waals surface area (Å²) in [6.07, 6.45) is 1.55. The molecule has 0 saturated carbocycles. The highest BCUT2D eigenvalue weighted by atomic mass is 32.1. The number of hydrogen-bond acceptors (Lipinski definition) is 4. The third kappa shape index (κ3) is 1.66. The monoisotopic (exact) mass is 221 g/mol. The lowest BCUT2D eigenvalue weighted by Crippen LogP contribution is -2.12. The molecule has 0 saturated heterocycles. The van der Waals surface area contributed by atoms with Crippen molar-refractivity contribution < 1.29 is 4.79 Å². The van der Waals surface area contributed by atoms with E-state index in [1.54, 1.807) is 13.1 Å². The van der Waals surface area contributed by atoms with Crippen LogP contribution in [0.4, 0.5) is 5.69 Å². The van der Waals surface area contributed by atoms with E-state index in [4.69, 9.17) is 5.73 Å². The van der Waals surface area contributed by atoms with E-state index < -0.39 is 0 Å². The lowest BCUT2D eigenvalue weighted by molar-refractivity contribution is 0.0948. The maximum absolute atomic E-state index is 11.9. The van der Waals surface area contributed by atoms with Crippen molar-refractivity contribution in [3.8, 4) is 0 Å². The van der Waals surface area contributed by atoms with Crippen LogP contribution < -0.4 is 5.73 Å². The first kappa shape index (κ1) is 9.92. The molecule has 15 heavy (non-hydrogen) atoms.